The Morgan fingerprint density at radius 1 is 1.34 bits per heavy atom. The summed E-state index contributed by atoms with van der Waals surface area (Å²) in [5.41, 5.74) is -0.00110. The van der Waals surface area contributed by atoms with Gasteiger partial charge >= 0.3 is 7.82 Å². The number of ether oxygens (including phenoxy) is 1. The Morgan fingerprint density at radius 2 is 2.06 bits per heavy atom. The lowest BCUT2D eigenvalue weighted by Gasteiger charge is -2.45. The number of aliphatic hydroxyl groups excluding tert-OH is 2. The zero-order valence-electron chi connectivity index (χ0n) is 18.3. The summed E-state index contributed by atoms with van der Waals surface area (Å²) >= 11 is 6.25. The lowest BCUT2D eigenvalue weighted by atomic mass is 9.73. The second kappa shape index (κ2) is 8.75. The Hall–Kier alpha value is -2.15. The summed E-state index contributed by atoms with van der Waals surface area (Å²) in [6.45, 7) is 1.79. The smallest absolute Gasteiger partial charge is 0.387 e. The van der Waals surface area contributed by atoms with E-state index in [4.69, 9.17) is 26.1 Å². The third-order valence-corrected chi connectivity index (χ3v) is 7.23. The van der Waals surface area contributed by atoms with E-state index in [0.29, 0.717) is 16.6 Å². The summed E-state index contributed by atoms with van der Waals surface area (Å²) < 4.78 is 37.2. The Balaban J connectivity index is 1.42. The molecule has 188 valence electrons. The molecule has 3 aromatic rings. The molecule has 1 saturated heterocycles. The molecule has 1 aliphatic carbocycles. The molecule has 5 N–H and O–H groups in total. The molecular formula is C21H23ClFN4O7P. The molecule has 2 fully saturated rings. The van der Waals surface area contributed by atoms with Crippen molar-refractivity contribution in [3.63, 3.8) is 0 Å². The van der Waals surface area contributed by atoms with E-state index in [1.165, 1.54) is 16.9 Å². The average molecular weight is 529 g/mol. The van der Waals surface area contributed by atoms with Crippen LogP contribution in [0.5, 0.6) is 0 Å². The molecule has 5 rings (SSSR count). The van der Waals surface area contributed by atoms with Crippen molar-refractivity contribution in [2.24, 2.45) is 0 Å². The van der Waals surface area contributed by atoms with Crippen molar-refractivity contribution < 1.29 is 38.2 Å². The number of anilines is 1. The van der Waals surface area contributed by atoms with Gasteiger partial charge in [0.2, 0.25) is 0 Å². The Kier molecular flexibility index (Phi) is 6.14. The molecule has 11 nitrogen and oxygen atoms in total. The van der Waals surface area contributed by atoms with Gasteiger partial charge in [-0.1, -0.05) is 29.8 Å². The lowest BCUT2D eigenvalue weighted by Crippen LogP contribution is -2.56. The molecule has 0 amide bonds. The Labute approximate surface area is 203 Å². The number of fused-ring (bicyclic) bond motifs is 1. The third kappa shape index (κ3) is 4.45. The van der Waals surface area contributed by atoms with Crippen molar-refractivity contribution in [1.82, 2.24) is 14.8 Å². The fraction of sp³-hybridized carbons (Fsp3) is 0.429. The summed E-state index contributed by atoms with van der Waals surface area (Å²) in [7, 11) is -4.70. The SMILES string of the molecule is C[C@H](Nc1cc(Cl)nc2c1cnn2[C@@H]1OC2(CC(OP(=O)(O)O)C2)[C@@H](O)[C@H]1O)c1ccccc1F. The van der Waals surface area contributed by atoms with E-state index in [1.807, 2.05) is 0 Å². The van der Waals surface area contributed by atoms with Crippen LogP contribution in [0.1, 0.15) is 37.6 Å². The zero-order chi connectivity index (χ0) is 25.1. The number of hydrogen-bond donors (Lipinski definition) is 5. The topological polar surface area (TPSA) is 159 Å². The summed E-state index contributed by atoms with van der Waals surface area (Å²) in [4.78, 5) is 22.3. The van der Waals surface area contributed by atoms with E-state index in [0.717, 1.165) is 0 Å². The van der Waals surface area contributed by atoms with Crippen LogP contribution in [0.15, 0.2) is 36.5 Å². The lowest BCUT2D eigenvalue weighted by molar-refractivity contribution is -0.186. The van der Waals surface area contributed by atoms with Crippen molar-refractivity contribution in [3.8, 4) is 0 Å². The Morgan fingerprint density at radius 3 is 2.74 bits per heavy atom. The minimum absolute atomic E-state index is 0.0207. The second-order valence-electron chi connectivity index (χ2n) is 8.84. The number of rotatable bonds is 6. The maximum absolute atomic E-state index is 14.2. The normalized spacial score (nSPS) is 29.5. The Bertz CT molecular complexity index is 1310. The van der Waals surface area contributed by atoms with Crippen molar-refractivity contribution in [3.05, 3.63) is 53.1 Å². The molecule has 1 saturated carbocycles. The van der Waals surface area contributed by atoms with Crippen molar-refractivity contribution in [2.45, 2.75) is 55.9 Å². The van der Waals surface area contributed by atoms with Crippen molar-refractivity contribution in [1.29, 1.82) is 0 Å². The monoisotopic (exact) mass is 528 g/mol. The third-order valence-electron chi connectivity index (χ3n) is 6.46. The maximum Gasteiger partial charge on any atom is 0.469 e. The highest BCUT2D eigenvalue weighted by Gasteiger charge is 2.62. The summed E-state index contributed by atoms with van der Waals surface area (Å²) in [6, 6.07) is 7.54. The molecule has 0 bridgehead atoms. The number of aliphatic hydroxyl groups is 2. The van der Waals surface area contributed by atoms with Crippen LogP contribution in [0, 0.1) is 5.82 Å². The van der Waals surface area contributed by atoms with Crippen LogP contribution in [0.3, 0.4) is 0 Å². The molecular weight excluding hydrogens is 506 g/mol. The van der Waals surface area contributed by atoms with E-state index < -0.39 is 44.0 Å². The van der Waals surface area contributed by atoms with Crippen LogP contribution in [0.4, 0.5) is 10.1 Å². The van der Waals surface area contributed by atoms with Gasteiger partial charge in [0.15, 0.2) is 11.9 Å². The summed E-state index contributed by atoms with van der Waals surface area (Å²) in [5.74, 6) is -0.358. The van der Waals surface area contributed by atoms with Crippen LogP contribution in [0.25, 0.3) is 11.0 Å². The van der Waals surface area contributed by atoms with Gasteiger partial charge in [0.05, 0.1) is 29.4 Å². The second-order valence-corrected chi connectivity index (χ2v) is 10.4. The van der Waals surface area contributed by atoms with E-state index in [2.05, 4.69) is 19.9 Å². The van der Waals surface area contributed by atoms with E-state index >= 15 is 0 Å². The van der Waals surface area contributed by atoms with Gasteiger partial charge in [-0.3, -0.25) is 4.52 Å². The first-order valence-electron chi connectivity index (χ1n) is 10.8. The maximum atomic E-state index is 14.2. The van der Waals surface area contributed by atoms with Gasteiger partial charge < -0.3 is 30.1 Å². The van der Waals surface area contributed by atoms with Crippen molar-refractivity contribution in [2.75, 3.05) is 5.32 Å². The molecule has 35 heavy (non-hydrogen) atoms. The van der Waals surface area contributed by atoms with Gasteiger partial charge in [-0.05, 0) is 19.1 Å². The molecule has 1 aromatic carbocycles. The van der Waals surface area contributed by atoms with E-state index in [9.17, 15) is 19.2 Å². The average Bonchev–Trinajstić information content (AvgIpc) is 3.27. The van der Waals surface area contributed by atoms with Gasteiger partial charge in [-0.15, -0.1) is 0 Å². The number of halogens is 2. The number of nitrogens with zero attached hydrogens (tertiary/aromatic N) is 3. The summed E-state index contributed by atoms with van der Waals surface area (Å²) in [6.07, 6.45) is -3.26. The molecule has 14 heteroatoms. The number of benzene rings is 1. The number of phosphoric ester groups is 1. The van der Waals surface area contributed by atoms with Gasteiger partial charge in [0.25, 0.3) is 0 Å². The molecule has 0 radical (unpaired) electrons. The molecule has 1 aliphatic heterocycles. The zero-order valence-corrected chi connectivity index (χ0v) is 20.0. The van der Waals surface area contributed by atoms with Crippen LogP contribution < -0.4 is 5.32 Å². The van der Waals surface area contributed by atoms with Crippen LogP contribution >= 0.6 is 19.4 Å². The van der Waals surface area contributed by atoms with Crippen LogP contribution in [0.2, 0.25) is 5.15 Å². The highest BCUT2D eigenvalue weighted by Crippen LogP contribution is 2.54. The molecule has 1 spiro atoms. The van der Waals surface area contributed by atoms with Gasteiger partial charge in [-0.25, -0.2) is 18.6 Å². The molecule has 0 unspecified atom stereocenters. The van der Waals surface area contributed by atoms with Crippen LogP contribution in [-0.2, 0) is 13.8 Å². The van der Waals surface area contributed by atoms with E-state index in [-0.39, 0.29) is 29.5 Å². The fourth-order valence-corrected chi connectivity index (χ4v) is 5.52. The number of aromatic nitrogens is 3. The molecule has 2 aromatic heterocycles. The predicted octanol–water partition coefficient (Wildman–Crippen LogP) is 2.66. The van der Waals surface area contributed by atoms with Gasteiger partial charge in [0, 0.05) is 18.4 Å². The highest BCUT2D eigenvalue weighted by atomic mass is 35.5. The van der Waals surface area contributed by atoms with E-state index in [1.54, 1.807) is 31.2 Å². The number of hydrogen-bond acceptors (Lipinski definition) is 8. The van der Waals surface area contributed by atoms with Gasteiger partial charge in [0.1, 0.15) is 28.8 Å². The molecule has 4 atom stereocenters. The minimum Gasteiger partial charge on any atom is -0.387 e. The van der Waals surface area contributed by atoms with Crippen LogP contribution in [-0.4, -0.2) is 58.7 Å². The number of nitrogens with one attached hydrogen (secondary N) is 1. The minimum atomic E-state index is -4.70. The quantitative estimate of drug-likeness (QED) is 0.238. The number of phosphoric acid groups is 1. The molecule has 2 aliphatic rings. The first kappa shape index (κ1) is 24.5. The summed E-state index contributed by atoms with van der Waals surface area (Å²) in [5, 5.41) is 29.5. The first-order chi connectivity index (χ1) is 16.5. The van der Waals surface area contributed by atoms with Crippen molar-refractivity contribution >= 4 is 36.1 Å². The standard InChI is InChI=1S/C21H23ClFN4O7P/c1-10(12-4-2-3-5-14(12)23)25-15-6-16(22)26-19-13(15)9-24-27(19)20-17(28)18(29)21(33-20)7-11(8-21)34-35(30,31)32/h2-6,9-11,17-18,20,28-29H,7-8H2,1H3,(H,25,26)(H2,30,31,32)/t10-,11?,17+,18-,20+,21?/m0/s1. The fourth-order valence-electron chi connectivity index (χ4n) is 4.79. The highest BCUT2D eigenvalue weighted by molar-refractivity contribution is 7.46. The number of pyridine rings is 1. The first-order valence-corrected chi connectivity index (χ1v) is 12.7. The molecule has 3 heterocycles. The predicted molar refractivity (Wildman–Crippen MR) is 122 cm³/mol. The van der Waals surface area contributed by atoms with Gasteiger partial charge in [-0.2, -0.15) is 5.10 Å². The largest absolute Gasteiger partial charge is 0.469 e.